The summed E-state index contributed by atoms with van der Waals surface area (Å²) < 4.78 is 4.63. The summed E-state index contributed by atoms with van der Waals surface area (Å²) in [7, 11) is 0. The van der Waals surface area contributed by atoms with E-state index in [0.29, 0.717) is 6.42 Å². The first-order valence-electron chi connectivity index (χ1n) is 11.4. The van der Waals surface area contributed by atoms with E-state index in [2.05, 4.69) is 17.0 Å². The molecule has 10 nitrogen and oxygen atoms in total. The number of nitrogens with two attached hydrogens (primary N) is 1. The van der Waals surface area contributed by atoms with E-state index in [1.54, 1.807) is 0 Å². The Morgan fingerprint density at radius 3 is 1.78 bits per heavy atom. The van der Waals surface area contributed by atoms with Crippen LogP contribution in [-0.2, 0) is 28.7 Å². The summed E-state index contributed by atoms with van der Waals surface area (Å²) in [4.78, 5) is 57.7. The zero-order valence-corrected chi connectivity index (χ0v) is 19.0. The van der Waals surface area contributed by atoms with Gasteiger partial charge in [0.2, 0.25) is 5.91 Å². The average molecular weight is 459 g/mol. The van der Waals surface area contributed by atoms with Crippen molar-refractivity contribution in [3.05, 3.63) is 0 Å². The van der Waals surface area contributed by atoms with Crippen LogP contribution >= 0.6 is 0 Å². The molecule has 0 saturated heterocycles. The summed E-state index contributed by atoms with van der Waals surface area (Å²) in [5.74, 6) is -4.97. The SMILES string of the molecule is CCCCCCCCCCCC(=O)NC(CCC(=O)O)C(=O)OC(=O)C(N)CCC(=O)O. The fraction of sp³-hybridized carbons (Fsp3) is 0.773. The first-order valence-corrected chi connectivity index (χ1v) is 11.4. The van der Waals surface area contributed by atoms with Crippen LogP contribution in [0.25, 0.3) is 0 Å². The summed E-state index contributed by atoms with van der Waals surface area (Å²) >= 11 is 0. The van der Waals surface area contributed by atoms with Crippen LogP contribution in [-0.4, -0.2) is 52.1 Å². The van der Waals surface area contributed by atoms with Gasteiger partial charge in [0.15, 0.2) is 0 Å². The van der Waals surface area contributed by atoms with E-state index in [0.717, 1.165) is 19.3 Å². The summed E-state index contributed by atoms with van der Waals surface area (Å²) in [6.07, 6.45) is 8.71. The highest BCUT2D eigenvalue weighted by Crippen LogP contribution is 2.11. The second-order valence-electron chi connectivity index (χ2n) is 7.91. The molecule has 2 unspecified atom stereocenters. The maximum Gasteiger partial charge on any atom is 0.336 e. The van der Waals surface area contributed by atoms with Crippen molar-refractivity contribution in [3.63, 3.8) is 0 Å². The van der Waals surface area contributed by atoms with Gasteiger partial charge in [0.1, 0.15) is 12.1 Å². The molecule has 0 spiro atoms. The maximum absolute atomic E-state index is 12.2. The number of carboxylic acids is 2. The van der Waals surface area contributed by atoms with Crippen LogP contribution in [0, 0.1) is 0 Å². The normalized spacial score (nSPS) is 12.6. The Morgan fingerprint density at radius 1 is 0.750 bits per heavy atom. The number of aliphatic carboxylic acids is 2. The third-order valence-corrected chi connectivity index (χ3v) is 4.95. The van der Waals surface area contributed by atoms with Crippen molar-refractivity contribution < 1.29 is 38.9 Å². The predicted molar refractivity (Wildman–Crippen MR) is 117 cm³/mol. The lowest BCUT2D eigenvalue weighted by atomic mass is 10.1. The lowest BCUT2D eigenvalue weighted by Gasteiger charge is -2.17. The minimum Gasteiger partial charge on any atom is -0.481 e. The minimum absolute atomic E-state index is 0.179. The summed E-state index contributed by atoms with van der Waals surface area (Å²) in [5, 5.41) is 19.9. The first-order chi connectivity index (χ1) is 15.2. The molecule has 0 aliphatic heterocycles. The van der Waals surface area contributed by atoms with E-state index in [1.165, 1.54) is 32.1 Å². The van der Waals surface area contributed by atoms with Crippen molar-refractivity contribution in [2.24, 2.45) is 5.73 Å². The van der Waals surface area contributed by atoms with E-state index in [-0.39, 0.29) is 25.7 Å². The van der Waals surface area contributed by atoms with E-state index in [1.807, 2.05) is 0 Å². The molecule has 184 valence electrons. The number of carbonyl (C=O) groups excluding carboxylic acids is 3. The lowest BCUT2D eigenvalue weighted by Crippen LogP contribution is -2.45. The first kappa shape index (κ1) is 29.5. The van der Waals surface area contributed by atoms with Gasteiger partial charge >= 0.3 is 23.9 Å². The quantitative estimate of drug-likeness (QED) is 0.129. The number of ether oxygens (including phenoxy) is 1. The molecule has 2 atom stereocenters. The topological polar surface area (TPSA) is 173 Å². The third-order valence-electron chi connectivity index (χ3n) is 4.95. The van der Waals surface area contributed by atoms with Gasteiger partial charge in [-0.05, 0) is 19.3 Å². The zero-order valence-electron chi connectivity index (χ0n) is 19.0. The van der Waals surface area contributed by atoms with Crippen molar-refractivity contribution in [3.8, 4) is 0 Å². The number of nitrogens with one attached hydrogen (secondary N) is 1. The highest BCUT2D eigenvalue weighted by atomic mass is 16.6. The molecule has 10 heteroatoms. The average Bonchev–Trinajstić information content (AvgIpc) is 2.73. The smallest absolute Gasteiger partial charge is 0.336 e. The molecule has 0 saturated carbocycles. The summed E-state index contributed by atoms with van der Waals surface area (Å²) in [6.45, 7) is 2.17. The monoisotopic (exact) mass is 458 g/mol. The molecule has 0 bridgehead atoms. The maximum atomic E-state index is 12.2. The summed E-state index contributed by atoms with van der Waals surface area (Å²) in [5.41, 5.74) is 5.51. The van der Waals surface area contributed by atoms with Crippen molar-refractivity contribution in [1.29, 1.82) is 0 Å². The summed E-state index contributed by atoms with van der Waals surface area (Å²) in [6, 6.07) is -2.61. The molecule has 0 rings (SSSR count). The molecule has 0 heterocycles. The van der Waals surface area contributed by atoms with Crippen LogP contribution in [0.1, 0.15) is 96.8 Å². The van der Waals surface area contributed by atoms with Crippen LogP contribution < -0.4 is 11.1 Å². The molecular formula is C22H38N2O8. The number of unbranched alkanes of at least 4 members (excludes halogenated alkanes) is 8. The number of esters is 2. The van der Waals surface area contributed by atoms with Gasteiger partial charge in [-0.25, -0.2) is 9.59 Å². The molecule has 0 aliphatic rings. The molecule has 0 radical (unpaired) electrons. The molecule has 0 aromatic rings. The van der Waals surface area contributed by atoms with Gasteiger partial charge in [0, 0.05) is 19.3 Å². The molecule has 1 amide bonds. The molecule has 0 aliphatic carbocycles. The number of carbonyl (C=O) groups is 5. The number of rotatable bonds is 19. The lowest BCUT2D eigenvalue weighted by molar-refractivity contribution is -0.163. The van der Waals surface area contributed by atoms with Gasteiger partial charge in [-0.3, -0.25) is 14.4 Å². The van der Waals surface area contributed by atoms with Gasteiger partial charge < -0.3 is 26.0 Å². The Bertz CT molecular complexity index is 609. The molecular weight excluding hydrogens is 420 g/mol. The van der Waals surface area contributed by atoms with Crippen molar-refractivity contribution in [1.82, 2.24) is 5.32 Å². The van der Waals surface area contributed by atoms with Crippen molar-refractivity contribution in [2.75, 3.05) is 0 Å². The number of hydrogen-bond donors (Lipinski definition) is 4. The third kappa shape index (κ3) is 16.2. The van der Waals surface area contributed by atoms with Gasteiger partial charge in [0.25, 0.3) is 0 Å². The van der Waals surface area contributed by atoms with E-state index >= 15 is 0 Å². The second kappa shape index (κ2) is 18.1. The van der Waals surface area contributed by atoms with Crippen molar-refractivity contribution in [2.45, 2.75) is 109 Å². The molecule has 0 aromatic heterocycles. The molecule has 0 aromatic carbocycles. The number of amides is 1. The highest BCUT2D eigenvalue weighted by molar-refractivity contribution is 5.93. The Kier molecular flexibility index (Phi) is 16.7. The van der Waals surface area contributed by atoms with Gasteiger partial charge in [-0.15, -0.1) is 0 Å². The Labute approximate surface area is 189 Å². The van der Waals surface area contributed by atoms with E-state index < -0.39 is 48.3 Å². The van der Waals surface area contributed by atoms with Crippen molar-refractivity contribution >= 4 is 29.8 Å². The van der Waals surface area contributed by atoms with Gasteiger partial charge in [-0.2, -0.15) is 0 Å². The van der Waals surface area contributed by atoms with Crippen LogP contribution in [0.4, 0.5) is 0 Å². The number of carboxylic acid groups (broad SMARTS) is 2. The Hall–Kier alpha value is -2.49. The zero-order chi connectivity index (χ0) is 24.4. The molecule has 0 fully saturated rings. The highest BCUT2D eigenvalue weighted by Gasteiger charge is 2.27. The Morgan fingerprint density at radius 2 is 1.25 bits per heavy atom. The second-order valence-corrected chi connectivity index (χ2v) is 7.91. The standard InChI is InChI=1S/C22H38N2O8/c1-2-3-4-5-6-7-8-9-10-11-18(25)24-17(13-15-20(28)29)22(31)32-21(30)16(23)12-14-19(26)27/h16-17H,2-15,23H2,1H3,(H,24,25)(H,26,27)(H,28,29). The largest absolute Gasteiger partial charge is 0.481 e. The number of hydrogen-bond acceptors (Lipinski definition) is 7. The molecule has 5 N–H and O–H groups in total. The van der Waals surface area contributed by atoms with Gasteiger partial charge in [0.05, 0.1) is 0 Å². The van der Waals surface area contributed by atoms with E-state index in [4.69, 9.17) is 15.9 Å². The van der Waals surface area contributed by atoms with E-state index in [9.17, 15) is 24.0 Å². The van der Waals surface area contributed by atoms with Crippen LogP contribution in [0.15, 0.2) is 0 Å². The fourth-order valence-corrected chi connectivity index (χ4v) is 3.02. The molecule has 32 heavy (non-hydrogen) atoms. The van der Waals surface area contributed by atoms with Gasteiger partial charge in [-0.1, -0.05) is 58.3 Å². The predicted octanol–water partition coefficient (Wildman–Crippen LogP) is 2.52. The van der Waals surface area contributed by atoms with Crippen LogP contribution in [0.3, 0.4) is 0 Å². The Balaban J connectivity index is 4.42. The van der Waals surface area contributed by atoms with Crippen LogP contribution in [0.2, 0.25) is 0 Å². The minimum atomic E-state index is -1.31. The van der Waals surface area contributed by atoms with Crippen LogP contribution in [0.5, 0.6) is 0 Å². The fourth-order valence-electron chi connectivity index (χ4n) is 3.02.